The van der Waals surface area contributed by atoms with Crippen molar-refractivity contribution in [2.24, 2.45) is 0 Å². The third-order valence-electron chi connectivity index (χ3n) is 1.38. The van der Waals surface area contributed by atoms with Gasteiger partial charge in [-0.25, -0.2) is 0 Å². The molecule has 4 heteroatoms. The topological polar surface area (TPSA) is 29.5 Å². The predicted molar refractivity (Wildman–Crippen MR) is 42.8 cm³/mol. The van der Waals surface area contributed by atoms with E-state index in [0.717, 1.165) is 5.46 Å². The molecule has 0 spiro atoms. The number of halogens is 1. The van der Waals surface area contributed by atoms with Crippen LogP contribution in [0.3, 0.4) is 0 Å². The van der Waals surface area contributed by atoms with E-state index in [0.29, 0.717) is 0 Å². The lowest BCUT2D eigenvalue weighted by atomic mass is 9.96. The summed E-state index contributed by atoms with van der Waals surface area (Å²) in [5, 5.41) is 8.96. The van der Waals surface area contributed by atoms with Gasteiger partial charge in [0, 0.05) is 0 Å². The minimum atomic E-state index is -0.710. The average molecular weight is 154 g/mol. The largest absolute Gasteiger partial charge is 0.505 e. The van der Waals surface area contributed by atoms with E-state index in [1.54, 1.807) is 7.85 Å². The molecular weight excluding hydrogens is 146 g/mol. The number of rotatable bonds is 1. The molecule has 11 heavy (non-hydrogen) atoms. The zero-order valence-corrected chi connectivity index (χ0v) is 6.39. The van der Waals surface area contributed by atoms with Gasteiger partial charge in [0.25, 0.3) is 0 Å². The van der Waals surface area contributed by atoms with Crippen molar-refractivity contribution in [3.8, 4) is 11.5 Å². The minimum absolute atomic E-state index is 0.0718. The molecule has 0 aliphatic carbocycles. The van der Waals surface area contributed by atoms with Gasteiger partial charge in [-0.05, 0) is 12.1 Å². The van der Waals surface area contributed by atoms with Gasteiger partial charge in [-0.3, -0.25) is 0 Å². The Morgan fingerprint density at radius 2 is 2.18 bits per heavy atom. The average Bonchev–Trinajstić information content (AvgIpc) is 1.96. The Hall–Kier alpha value is -1.19. The summed E-state index contributed by atoms with van der Waals surface area (Å²) in [7, 11) is 3.11. The van der Waals surface area contributed by atoms with Crippen LogP contribution in [0.15, 0.2) is 12.1 Å². The second-order valence-corrected chi connectivity index (χ2v) is 2.30. The number of hydrogen-bond donors (Lipinski definition) is 1. The summed E-state index contributed by atoms with van der Waals surface area (Å²) in [5.41, 5.74) is 0.765. The van der Waals surface area contributed by atoms with E-state index in [1.165, 1.54) is 19.2 Å². The molecule has 0 saturated heterocycles. The van der Waals surface area contributed by atoms with Crippen LogP contribution < -0.4 is 10.2 Å². The quantitative estimate of drug-likeness (QED) is 0.567. The molecule has 0 unspecified atom stereocenters. The number of hydrogen-bond acceptors (Lipinski definition) is 2. The van der Waals surface area contributed by atoms with Gasteiger partial charge >= 0.3 is 0 Å². The minimum Gasteiger partial charge on any atom is -0.505 e. The molecule has 1 aromatic carbocycles. The summed E-state index contributed by atoms with van der Waals surface area (Å²) >= 11 is 0. The van der Waals surface area contributed by atoms with Crippen LogP contribution in [-0.4, -0.2) is 20.1 Å². The molecule has 1 aromatic rings. The van der Waals surface area contributed by atoms with Gasteiger partial charge in [0.15, 0.2) is 11.5 Å². The summed E-state index contributed by atoms with van der Waals surface area (Å²) < 4.78 is 17.5. The monoisotopic (exact) mass is 154 g/mol. The molecular formula is C7H8BFO2. The molecule has 0 aromatic heterocycles. The van der Waals surface area contributed by atoms with Crippen LogP contribution in [0.2, 0.25) is 0 Å². The lowest BCUT2D eigenvalue weighted by Crippen LogP contribution is -2.03. The van der Waals surface area contributed by atoms with Crippen LogP contribution in [0.4, 0.5) is 4.39 Å². The molecule has 0 heterocycles. The molecule has 0 bridgehead atoms. The Balaban J connectivity index is 3.24. The fraction of sp³-hybridized carbons (Fsp3) is 0.143. The molecule has 0 radical (unpaired) electrons. The second kappa shape index (κ2) is 2.82. The van der Waals surface area contributed by atoms with Gasteiger partial charge in [-0.15, -0.1) is 0 Å². The molecule has 58 valence electrons. The fourth-order valence-electron chi connectivity index (χ4n) is 0.866. The van der Waals surface area contributed by atoms with E-state index in [4.69, 9.17) is 5.11 Å². The smallest absolute Gasteiger partial charge is 0.206 e. The maximum Gasteiger partial charge on any atom is 0.206 e. The standard InChI is InChI=1S/C7H8BFO2/c1-11-6-3-4(8)2-5(10)7(6)9/h2-3,10H,8H2,1H3. The lowest BCUT2D eigenvalue weighted by molar-refractivity contribution is 0.365. The second-order valence-electron chi connectivity index (χ2n) is 2.30. The normalized spacial score (nSPS) is 9.64. The summed E-state index contributed by atoms with van der Waals surface area (Å²) in [6.45, 7) is 0. The third kappa shape index (κ3) is 1.45. The van der Waals surface area contributed by atoms with Crippen molar-refractivity contribution in [1.82, 2.24) is 0 Å². The summed E-state index contributed by atoms with van der Waals surface area (Å²) in [6.07, 6.45) is 0. The molecule has 0 fully saturated rings. The number of methoxy groups -OCH3 is 1. The maximum atomic E-state index is 12.8. The third-order valence-corrected chi connectivity index (χ3v) is 1.38. The van der Waals surface area contributed by atoms with Gasteiger partial charge in [-0.1, -0.05) is 5.46 Å². The van der Waals surface area contributed by atoms with Gasteiger partial charge in [-0.2, -0.15) is 4.39 Å². The van der Waals surface area contributed by atoms with Crippen LogP contribution in [0, 0.1) is 5.82 Å². The van der Waals surface area contributed by atoms with Gasteiger partial charge < -0.3 is 9.84 Å². The molecule has 0 amide bonds. The van der Waals surface area contributed by atoms with Crippen LogP contribution in [-0.2, 0) is 0 Å². The first-order chi connectivity index (χ1) is 5.15. The Kier molecular flexibility index (Phi) is 2.03. The van der Waals surface area contributed by atoms with E-state index < -0.39 is 5.82 Å². The highest BCUT2D eigenvalue weighted by molar-refractivity contribution is 6.32. The number of aromatic hydroxyl groups is 1. The number of ether oxygens (including phenoxy) is 1. The van der Waals surface area contributed by atoms with Gasteiger partial charge in [0.2, 0.25) is 5.82 Å². The van der Waals surface area contributed by atoms with E-state index >= 15 is 0 Å². The first-order valence-electron chi connectivity index (χ1n) is 3.18. The van der Waals surface area contributed by atoms with Crippen molar-refractivity contribution >= 4 is 13.3 Å². The highest BCUT2D eigenvalue weighted by Gasteiger charge is 2.07. The number of phenolic OH excluding ortho intramolecular Hbond substituents is 1. The number of benzene rings is 1. The van der Waals surface area contributed by atoms with Gasteiger partial charge in [0.1, 0.15) is 7.85 Å². The molecule has 0 atom stereocenters. The predicted octanol–water partition coefficient (Wildman–Crippen LogP) is -0.202. The fourth-order valence-corrected chi connectivity index (χ4v) is 0.866. The highest BCUT2D eigenvalue weighted by Crippen LogP contribution is 2.22. The first-order valence-corrected chi connectivity index (χ1v) is 3.18. The van der Waals surface area contributed by atoms with Crippen molar-refractivity contribution < 1.29 is 14.2 Å². The maximum absolute atomic E-state index is 12.8. The molecule has 0 aliphatic heterocycles. The summed E-state index contributed by atoms with van der Waals surface area (Å²) in [6, 6.07) is 2.87. The molecule has 0 saturated carbocycles. The van der Waals surface area contributed by atoms with Crippen molar-refractivity contribution in [2.75, 3.05) is 7.11 Å². The molecule has 2 nitrogen and oxygen atoms in total. The van der Waals surface area contributed by atoms with Crippen molar-refractivity contribution in [1.29, 1.82) is 0 Å². The SMILES string of the molecule is Bc1cc(O)c(F)c(OC)c1. The lowest BCUT2D eigenvalue weighted by Gasteiger charge is -2.03. The summed E-state index contributed by atoms with van der Waals surface area (Å²) in [5.74, 6) is -1.01. The Labute approximate surface area is 65.0 Å². The van der Waals surface area contributed by atoms with Crippen molar-refractivity contribution in [3.63, 3.8) is 0 Å². The van der Waals surface area contributed by atoms with E-state index in [2.05, 4.69) is 4.74 Å². The molecule has 1 rings (SSSR count). The van der Waals surface area contributed by atoms with E-state index in [9.17, 15) is 4.39 Å². The van der Waals surface area contributed by atoms with Crippen molar-refractivity contribution in [2.45, 2.75) is 0 Å². The Morgan fingerprint density at radius 1 is 1.55 bits per heavy atom. The Bertz CT molecular complexity index is 275. The zero-order valence-electron chi connectivity index (χ0n) is 6.39. The Morgan fingerprint density at radius 3 is 2.73 bits per heavy atom. The van der Waals surface area contributed by atoms with Crippen LogP contribution >= 0.6 is 0 Å². The van der Waals surface area contributed by atoms with E-state index in [1.807, 2.05) is 0 Å². The van der Waals surface area contributed by atoms with Crippen molar-refractivity contribution in [3.05, 3.63) is 17.9 Å². The van der Waals surface area contributed by atoms with E-state index in [-0.39, 0.29) is 11.5 Å². The van der Waals surface area contributed by atoms with Gasteiger partial charge in [0.05, 0.1) is 7.11 Å². The molecule has 1 N–H and O–H groups in total. The number of phenols is 1. The molecule has 0 aliphatic rings. The summed E-state index contributed by atoms with van der Waals surface area (Å²) in [4.78, 5) is 0. The highest BCUT2D eigenvalue weighted by atomic mass is 19.1. The van der Waals surface area contributed by atoms with Crippen LogP contribution in [0.1, 0.15) is 0 Å². The van der Waals surface area contributed by atoms with Crippen LogP contribution in [0.25, 0.3) is 0 Å². The zero-order chi connectivity index (χ0) is 8.43. The van der Waals surface area contributed by atoms with Crippen LogP contribution in [0.5, 0.6) is 11.5 Å². The first kappa shape index (κ1) is 7.92.